The predicted molar refractivity (Wildman–Crippen MR) is 103 cm³/mol. The van der Waals surface area contributed by atoms with E-state index in [0.717, 1.165) is 31.6 Å². The van der Waals surface area contributed by atoms with Crippen LogP contribution in [0.5, 0.6) is 5.75 Å². The van der Waals surface area contributed by atoms with Gasteiger partial charge in [0.2, 0.25) is 0 Å². The Hall–Kier alpha value is -2.09. The molecule has 2 aromatic rings. The first-order valence-electron chi connectivity index (χ1n) is 9.29. The second-order valence-electron chi connectivity index (χ2n) is 7.21. The number of fused-ring (bicyclic) bond motifs is 3. The molecule has 150 valence electrons. The SMILES string of the molecule is COC(=O)Cc1c(C)c2cc(Cl)c3c(c2oc1=O)CN(C[C@@H]1CCCO1)CO3. The van der Waals surface area contributed by atoms with Crippen molar-refractivity contribution in [2.24, 2.45) is 0 Å². The summed E-state index contributed by atoms with van der Waals surface area (Å²) in [6.07, 6.45) is 2.15. The van der Waals surface area contributed by atoms with E-state index in [-0.39, 0.29) is 18.1 Å². The van der Waals surface area contributed by atoms with E-state index in [1.165, 1.54) is 7.11 Å². The van der Waals surface area contributed by atoms with Crippen LogP contribution in [0, 0.1) is 6.92 Å². The maximum Gasteiger partial charge on any atom is 0.340 e. The third-order valence-electron chi connectivity index (χ3n) is 5.39. The Labute approximate surface area is 167 Å². The number of carbonyl (C=O) groups excluding carboxylic acids is 1. The molecule has 1 atom stereocenters. The van der Waals surface area contributed by atoms with Gasteiger partial charge in [-0.25, -0.2) is 4.79 Å². The van der Waals surface area contributed by atoms with Crippen molar-refractivity contribution >= 4 is 28.5 Å². The highest BCUT2D eigenvalue weighted by Gasteiger charge is 2.28. The number of carbonyl (C=O) groups is 1. The summed E-state index contributed by atoms with van der Waals surface area (Å²) < 4.78 is 21.9. The number of nitrogens with zero attached hydrogens (tertiary/aromatic N) is 1. The van der Waals surface area contributed by atoms with Gasteiger partial charge in [-0.05, 0) is 31.4 Å². The molecule has 0 aliphatic carbocycles. The van der Waals surface area contributed by atoms with Crippen molar-refractivity contribution in [1.82, 2.24) is 4.90 Å². The Balaban J connectivity index is 1.75. The molecule has 0 radical (unpaired) electrons. The first-order valence-corrected chi connectivity index (χ1v) is 9.67. The Kier molecular flexibility index (Phi) is 5.31. The van der Waals surface area contributed by atoms with Gasteiger partial charge in [0.05, 0.1) is 35.8 Å². The largest absolute Gasteiger partial charge is 0.476 e. The lowest BCUT2D eigenvalue weighted by atomic mass is 10.00. The first-order chi connectivity index (χ1) is 13.5. The van der Waals surface area contributed by atoms with Gasteiger partial charge in [-0.2, -0.15) is 0 Å². The molecule has 28 heavy (non-hydrogen) atoms. The number of hydrogen-bond donors (Lipinski definition) is 0. The third kappa shape index (κ3) is 3.50. The van der Waals surface area contributed by atoms with Crippen molar-refractivity contribution in [3.05, 3.63) is 38.2 Å². The summed E-state index contributed by atoms with van der Waals surface area (Å²) in [7, 11) is 1.29. The van der Waals surface area contributed by atoms with Gasteiger partial charge in [0.25, 0.3) is 0 Å². The number of hydrogen-bond acceptors (Lipinski definition) is 7. The van der Waals surface area contributed by atoms with Gasteiger partial charge in [-0.3, -0.25) is 9.69 Å². The van der Waals surface area contributed by atoms with Gasteiger partial charge < -0.3 is 18.6 Å². The van der Waals surface area contributed by atoms with Crippen molar-refractivity contribution in [3.63, 3.8) is 0 Å². The maximum absolute atomic E-state index is 12.6. The van der Waals surface area contributed by atoms with Crippen LogP contribution in [0.2, 0.25) is 5.02 Å². The topological polar surface area (TPSA) is 78.2 Å². The molecule has 0 spiro atoms. The van der Waals surface area contributed by atoms with Gasteiger partial charge in [0.15, 0.2) is 0 Å². The van der Waals surface area contributed by atoms with E-state index in [1.807, 2.05) is 0 Å². The molecule has 0 bridgehead atoms. The quantitative estimate of drug-likeness (QED) is 0.569. The highest BCUT2D eigenvalue weighted by Crippen LogP contribution is 2.39. The Morgan fingerprint density at radius 2 is 2.25 bits per heavy atom. The Bertz CT molecular complexity index is 979. The van der Waals surface area contributed by atoms with Crippen LogP contribution in [0.1, 0.15) is 29.5 Å². The number of rotatable bonds is 4. The minimum absolute atomic E-state index is 0.142. The second kappa shape index (κ2) is 7.73. The van der Waals surface area contributed by atoms with E-state index < -0.39 is 11.6 Å². The predicted octanol–water partition coefficient (Wildman–Crippen LogP) is 2.80. The summed E-state index contributed by atoms with van der Waals surface area (Å²) in [6.45, 7) is 4.28. The summed E-state index contributed by atoms with van der Waals surface area (Å²) in [5.74, 6) is 0.0471. The summed E-state index contributed by atoms with van der Waals surface area (Å²) in [5, 5.41) is 1.16. The van der Waals surface area contributed by atoms with E-state index >= 15 is 0 Å². The Morgan fingerprint density at radius 1 is 1.43 bits per heavy atom. The van der Waals surface area contributed by atoms with Crippen LogP contribution >= 0.6 is 11.6 Å². The summed E-state index contributed by atoms with van der Waals surface area (Å²) in [5.41, 5.74) is 1.60. The highest BCUT2D eigenvalue weighted by atomic mass is 35.5. The van der Waals surface area contributed by atoms with Gasteiger partial charge in [0, 0.05) is 25.1 Å². The number of methoxy groups -OCH3 is 1. The van der Waals surface area contributed by atoms with Gasteiger partial charge >= 0.3 is 11.6 Å². The van der Waals surface area contributed by atoms with Crippen LogP contribution in [0.4, 0.5) is 0 Å². The molecule has 0 amide bonds. The molecule has 1 fully saturated rings. The molecule has 2 aliphatic rings. The second-order valence-corrected chi connectivity index (χ2v) is 7.62. The van der Waals surface area contributed by atoms with Gasteiger partial charge in [-0.1, -0.05) is 11.6 Å². The van der Waals surface area contributed by atoms with Crippen molar-refractivity contribution < 1.29 is 23.4 Å². The van der Waals surface area contributed by atoms with Gasteiger partial charge in [0.1, 0.15) is 18.1 Å². The average molecular weight is 408 g/mol. The van der Waals surface area contributed by atoms with E-state index in [9.17, 15) is 9.59 Å². The maximum atomic E-state index is 12.6. The zero-order valence-corrected chi connectivity index (χ0v) is 16.6. The number of esters is 1. The van der Waals surface area contributed by atoms with E-state index in [2.05, 4.69) is 9.64 Å². The third-order valence-corrected chi connectivity index (χ3v) is 5.67. The lowest BCUT2D eigenvalue weighted by Crippen LogP contribution is -2.37. The zero-order valence-electron chi connectivity index (χ0n) is 15.9. The van der Waals surface area contributed by atoms with Gasteiger partial charge in [-0.15, -0.1) is 0 Å². The van der Waals surface area contributed by atoms with Crippen LogP contribution < -0.4 is 10.4 Å². The number of ether oxygens (including phenoxy) is 3. The molecule has 1 aromatic carbocycles. The standard InChI is InChI=1S/C20H22ClNO6/c1-11-13-6-16(21)19-15(9-22(10-27-19)8-12-4-3-5-26-12)18(13)28-20(24)14(11)7-17(23)25-2/h6,12H,3-5,7-10H2,1-2H3/t12-/m0/s1. The zero-order chi connectivity index (χ0) is 19.8. The van der Waals surface area contributed by atoms with E-state index in [1.54, 1.807) is 13.0 Å². The summed E-state index contributed by atoms with van der Waals surface area (Å²) in [6, 6.07) is 1.73. The molecule has 4 rings (SSSR count). The molecule has 1 aromatic heterocycles. The first kappa shape index (κ1) is 19.2. The fourth-order valence-corrected chi connectivity index (χ4v) is 4.15. The molecule has 0 saturated carbocycles. The van der Waals surface area contributed by atoms with Crippen molar-refractivity contribution in [3.8, 4) is 5.75 Å². The molecule has 0 N–H and O–H groups in total. The minimum atomic E-state index is -0.545. The number of benzene rings is 1. The molecule has 8 heteroatoms. The molecule has 0 unspecified atom stereocenters. The number of aryl methyl sites for hydroxylation is 1. The van der Waals surface area contributed by atoms with Crippen molar-refractivity contribution in [2.45, 2.75) is 38.8 Å². The van der Waals surface area contributed by atoms with Crippen LogP contribution in [0.15, 0.2) is 15.3 Å². The molecule has 7 nitrogen and oxygen atoms in total. The lowest BCUT2D eigenvalue weighted by Gasteiger charge is -2.31. The van der Waals surface area contributed by atoms with E-state index in [4.69, 9.17) is 25.5 Å². The lowest BCUT2D eigenvalue weighted by molar-refractivity contribution is -0.139. The average Bonchev–Trinajstić information content (AvgIpc) is 3.19. The van der Waals surface area contributed by atoms with Crippen LogP contribution in [-0.2, 0) is 27.2 Å². The fourth-order valence-electron chi connectivity index (χ4n) is 3.87. The van der Waals surface area contributed by atoms with Crippen LogP contribution in [-0.4, -0.2) is 44.0 Å². The molecule has 2 aliphatic heterocycles. The normalized spacial score (nSPS) is 19.5. The van der Waals surface area contributed by atoms with Crippen molar-refractivity contribution in [1.29, 1.82) is 0 Å². The highest BCUT2D eigenvalue weighted by molar-refractivity contribution is 6.33. The van der Waals surface area contributed by atoms with E-state index in [0.29, 0.717) is 40.6 Å². The monoisotopic (exact) mass is 407 g/mol. The summed E-state index contributed by atoms with van der Waals surface area (Å²) in [4.78, 5) is 26.3. The molecule has 1 saturated heterocycles. The number of halogens is 1. The molecular formula is C20H22ClNO6. The van der Waals surface area contributed by atoms with Crippen molar-refractivity contribution in [2.75, 3.05) is 27.0 Å². The summed E-state index contributed by atoms with van der Waals surface area (Å²) >= 11 is 6.46. The smallest absolute Gasteiger partial charge is 0.340 e. The Morgan fingerprint density at radius 3 is 2.96 bits per heavy atom. The minimum Gasteiger partial charge on any atom is -0.476 e. The molecular weight excluding hydrogens is 386 g/mol. The molecule has 3 heterocycles. The van der Waals surface area contributed by atoms with Crippen LogP contribution in [0.3, 0.4) is 0 Å². The van der Waals surface area contributed by atoms with Crippen LogP contribution in [0.25, 0.3) is 11.0 Å². The fraction of sp³-hybridized carbons (Fsp3) is 0.500.